The van der Waals surface area contributed by atoms with Gasteiger partial charge in [0.25, 0.3) is 0 Å². The van der Waals surface area contributed by atoms with Crippen LogP contribution in [0.4, 0.5) is 5.69 Å². The van der Waals surface area contributed by atoms with Gasteiger partial charge in [-0.3, -0.25) is 4.98 Å². The number of nitrogens with one attached hydrogen (secondary N) is 1. The van der Waals surface area contributed by atoms with E-state index in [-0.39, 0.29) is 6.04 Å². The number of anilines is 1. The standard InChI is InChI=1S/C22H23N3O2S/c1-28(26,27)25-16-20-14-19(18-9-11-23-12-10-18)7-8-22(20)24-15-21(25)13-17-5-3-2-4-6-17/h2-12,14,21,24H,13,15-16H2,1H3. The fourth-order valence-electron chi connectivity index (χ4n) is 3.70. The predicted octanol–water partition coefficient (Wildman–Crippen LogP) is 3.55. The summed E-state index contributed by atoms with van der Waals surface area (Å²) in [6.07, 6.45) is 5.49. The zero-order valence-corrected chi connectivity index (χ0v) is 16.6. The molecule has 0 saturated carbocycles. The Bertz CT molecular complexity index is 1050. The van der Waals surface area contributed by atoms with Crippen LogP contribution in [0.15, 0.2) is 73.1 Å². The molecular weight excluding hydrogens is 370 g/mol. The lowest BCUT2D eigenvalue weighted by atomic mass is 10.0. The molecular formula is C22H23N3O2S. The zero-order chi connectivity index (χ0) is 19.6. The number of hydrogen-bond acceptors (Lipinski definition) is 4. The molecule has 6 heteroatoms. The Kier molecular flexibility index (Phi) is 5.15. The molecule has 4 rings (SSSR count). The minimum atomic E-state index is -3.36. The summed E-state index contributed by atoms with van der Waals surface area (Å²) < 4.78 is 26.8. The highest BCUT2D eigenvalue weighted by Crippen LogP contribution is 2.30. The molecule has 1 aromatic heterocycles. The Labute approximate surface area is 166 Å². The monoisotopic (exact) mass is 393 g/mol. The van der Waals surface area contributed by atoms with Crippen LogP contribution < -0.4 is 5.32 Å². The second-order valence-electron chi connectivity index (χ2n) is 7.14. The first-order valence-electron chi connectivity index (χ1n) is 9.28. The highest BCUT2D eigenvalue weighted by molar-refractivity contribution is 7.88. The average Bonchev–Trinajstić information content (AvgIpc) is 2.89. The highest BCUT2D eigenvalue weighted by atomic mass is 32.2. The minimum absolute atomic E-state index is 0.144. The Hall–Kier alpha value is -2.70. The molecule has 0 aliphatic carbocycles. The van der Waals surface area contributed by atoms with E-state index in [9.17, 15) is 8.42 Å². The molecule has 2 heterocycles. The number of nitrogens with zero attached hydrogens (tertiary/aromatic N) is 2. The van der Waals surface area contributed by atoms with Gasteiger partial charge in [-0.15, -0.1) is 0 Å². The molecule has 1 aliphatic rings. The van der Waals surface area contributed by atoms with Crippen LogP contribution in [0, 0.1) is 0 Å². The molecule has 2 aromatic carbocycles. The third kappa shape index (κ3) is 4.08. The summed E-state index contributed by atoms with van der Waals surface area (Å²) in [4.78, 5) is 4.07. The van der Waals surface area contributed by atoms with Crippen LogP contribution in [0.25, 0.3) is 11.1 Å². The Morgan fingerprint density at radius 1 is 1.04 bits per heavy atom. The van der Waals surface area contributed by atoms with Gasteiger partial charge in [-0.05, 0) is 52.9 Å². The third-order valence-corrected chi connectivity index (χ3v) is 6.40. The van der Waals surface area contributed by atoms with E-state index >= 15 is 0 Å². The van der Waals surface area contributed by atoms with Crippen molar-refractivity contribution in [1.82, 2.24) is 9.29 Å². The van der Waals surface area contributed by atoms with Crippen molar-refractivity contribution in [3.8, 4) is 11.1 Å². The van der Waals surface area contributed by atoms with E-state index in [0.717, 1.165) is 27.9 Å². The van der Waals surface area contributed by atoms with Crippen molar-refractivity contribution >= 4 is 15.7 Å². The Morgan fingerprint density at radius 3 is 2.50 bits per heavy atom. The van der Waals surface area contributed by atoms with E-state index < -0.39 is 10.0 Å². The summed E-state index contributed by atoms with van der Waals surface area (Å²) in [5, 5.41) is 3.46. The van der Waals surface area contributed by atoms with Gasteiger partial charge in [0.2, 0.25) is 10.0 Å². The van der Waals surface area contributed by atoms with Crippen LogP contribution in [-0.2, 0) is 23.0 Å². The van der Waals surface area contributed by atoms with Gasteiger partial charge < -0.3 is 5.32 Å². The maximum absolute atomic E-state index is 12.6. The van der Waals surface area contributed by atoms with E-state index in [0.29, 0.717) is 19.5 Å². The Morgan fingerprint density at radius 2 is 1.79 bits per heavy atom. The van der Waals surface area contributed by atoms with Crippen molar-refractivity contribution in [2.45, 2.75) is 19.0 Å². The van der Waals surface area contributed by atoms with E-state index in [2.05, 4.69) is 22.4 Å². The molecule has 0 bridgehead atoms. The topological polar surface area (TPSA) is 62.3 Å². The third-order valence-electron chi connectivity index (χ3n) is 5.12. The first kappa shape index (κ1) is 18.7. The van der Waals surface area contributed by atoms with Crippen molar-refractivity contribution in [1.29, 1.82) is 0 Å². The van der Waals surface area contributed by atoms with E-state index in [1.54, 1.807) is 16.7 Å². The molecule has 0 amide bonds. The van der Waals surface area contributed by atoms with Crippen LogP contribution in [0.2, 0.25) is 0 Å². The number of sulfonamides is 1. The summed E-state index contributed by atoms with van der Waals surface area (Å²) in [6.45, 7) is 0.932. The van der Waals surface area contributed by atoms with Gasteiger partial charge in [0.05, 0.1) is 6.26 Å². The maximum Gasteiger partial charge on any atom is 0.211 e. The molecule has 1 aliphatic heterocycles. The molecule has 1 atom stereocenters. The van der Waals surface area contributed by atoms with E-state index in [1.165, 1.54) is 6.26 Å². The van der Waals surface area contributed by atoms with Gasteiger partial charge in [0.15, 0.2) is 0 Å². The number of pyridine rings is 1. The molecule has 144 valence electrons. The molecule has 28 heavy (non-hydrogen) atoms. The van der Waals surface area contributed by atoms with E-state index in [4.69, 9.17) is 0 Å². The minimum Gasteiger partial charge on any atom is -0.383 e. The number of fused-ring (bicyclic) bond motifs is 1. The van der Waals surface area contributed by atoms with Crippen LogP contribution in [0.3, 0.4) is 0 Å². The quantitative estimate of drug-likeness (QED) is 0.736. The van der Waals surface area contributed by atoms with Gasteiger partial charge in [-0.25, -0.2) is 8.42 Å². The second kappa shape index (κ2) is 7.73. The average molecular weight is 394 g/mol. The largest absolute Gasteiger partial charge is 0.383 e. The predicted molar refractivity (Wildman–Crippen MR) is 112 cm³/mol. The molecule has 0 saturated heterocycles. The van der Waals surface area contributed by atoms with Gasteiger partial charge in [-0.2, -0.15) is 4.31 Å². The lowest BCUT2D eigenvalue weighted by Gasteiger charge is -2.27. The van der Waals surface area contributed by atoms with Gasteiger partial charge in [-0.1, -0.05) is 36.4 Å². The number of rotatable bonds is 4. The van der Waals surface area contributed by atoms with Crippen LogP contribution >= 0.6 is 0 Å². The molecule has 1 unspecified atom stereocenters. The molecule has 0 spiro atoms. The fraction of sp³-hybridized carbons (Fsp3) is 0.227. The second-order valence-corrected chi connectivity index (χ2v) is 9.08. The van der Waals surface area contributed by atoms with Crippen LogP contribution in [0.5, 0.6) is 0 Å². The molecule has 3 aromatic rings. The smallest absolute Gasteiger partial charge is 0.211 e. The first-order valence-corrected chi connectivity index (χ1v) is 11.1. The maximum atomic E-state index is 12.6. The van der Waals surface area contributed by atoms with Crippen LogP contribution in [0.1, 0.15) is 11.1 Å². The van der Waals surface area contributed by atoms with Crippen molar-refractivity contribution in [3.63, 3.8) is 0 Å². The normalized spacial score (nSPS) is 17.4. The van der Waals surface area contributed by atoms with E-state index in [1.807, 2.05) is 48.5 Å². The van der Waals surface area contributed by atoms with Gasteiger partial charge >= 0.3 is 0 Å². The van der Waals surface area contributed by atoms with Crippen molar-refractivity contribution < 1.29 is 8.42 Å². The summed E-state index contributed by atoms with van der Waals surface area (Å²) in [7, 11) is -3.36. The van der Waals surface area contributed by atoms with Crippen molar-refractivity contribution in [2.75, 3.05) is 18.1 Å². The summed E-state index contributed by atoms with van der Waals surface area (Å²) in [5.74, 6) is 0. The molecule has 0 fully saturated rings. The number of benzene rings is 2. The number of aromatic nitrogens is 1. The van der Waals surface area contributed by atoms with Gasteiger partial charge in [0, 0.05) is 37.2 Å². The van der Waals surface area contributed by atoms with Crippen LogP contribution in [-0.4, -0.2) is 36.5 Å². The van der Waals surface area contributed by atoms with Gasteiger partial charge in [0.1, 0.15) is 0 Å². The molecule has 1 N–H and O–H groups in total. The first-order chi connectivity index (χ1) is 13.5. The summed E-state index contributed by atoms with van der Waals surface area (Å²) in [6, 6.07) is 20.0. The SMILES string of the molecule is CS(=O)(=O)N1Cc2cc(-c3ccncc3)ccc2NCC1Cc1ccccc1. The Balaban J connectivity index is 1.68. The van der Waals surface area contributed by atoms with Crippen molar-refractivity contribution in [2.24, 2.45) is 0 Å². The summed E-state index contributed by atoms with van der Waals surface area (Å²) in [5.41, 5.74) is 5.22. The lowest BCUT2D eigenvalue weighted by Crippen LogP contribution is -2.42. The number of hydrogen-bond donors (Lipinski definition) is 1. The summed E-state index contributed by atoms with van der Waals surface area (Å²) >= 11 is 0. The fourth-order valence-corrected chi connectivity index (χ4v) is 4.76. The molecule has 5 nitrogen and oxygen atoms in total. The highest BCUT2D eigenvalue weighted by Gasteiger charge is 2.30. The zero-order valence-electron chi connectivity index (χ0n) is 15.7. The molecule has 0 radical (unpaired) electrons. The lowest BCUT2D eigenvalue weighted by molar-refractivity contribution is 0.328. The van der Waals surface area contributed by atoms with Crippen molar-refractivity contribution in [3.05, 3.63) is 84.2 Å².